The van der Waals surface area contributed by atoms with Crippen molar-refractivity contribution in [3.63, 3.8) is 0 Å². The largest absolute Gasteiger partial charge is 0.381 e. The highest BCUT2D eigenvalue weighted by Crippen LogP contribution is 2.26. The van der Waals surface area contributed by atoms with Gasteiger partial charge in [0.05, 0.1) is 0 Å². The number of hydrogen-bond donors (Lipinski definition) is 2. The van der Waals surface area contributed by atoms with Crippen LogP contribution in [0.4, 0.5) is 0 Å². The van der Waals surface area contributed by atoms with Crippen LogP contribution in [0, 0.1) is 5.41 Å². The molecule has 2 N–H and O–H groups in total. The van der Waals surface area contributed by atoms with E-state index in [0.717, 1.165) is 53.8 Å². The first kappa shape index (κ1) is 30.6. The number of nitrogens with one attached hydrogen (secondary N) is 2. The Hall–Kier alpha value is -2.43. The van der Waals surface area contributed by atoms with Crippen LogP contribution in [0.15, 0.2) is 50.8 Å². The summed E-state index contributed by atoms with van der Waals surface area (Å²) < 4.78 is 0. The minimum absolute atomic E-state index is 0.159. The lowest BCUT2D eigenvalue weighted by atomic mass is 10.00. The molecule has 0 aromatic heterocycles. The highest BCUT2D eigenvalue weighted by Gasteiger charge is 2.25. The molecule has 0 unspecified atom stereocenters. The third-order valence-electron chi connectivity index (χ3n) is 6.23. The summed E-state index contributed by atoms with van der Waals surface area (Å²) in [6.45, 7) is 19.1. The van der Waals surface area contributed by atoms with Crippen molar-refractivity contribution < 1.29 is 4.79 Å². The normalized spacial score (nSPS) is 14.4. The Bertz CT molecular complexity index is 808. The molecule has 0 aliphatic heterocycles. The molecule has 0 spiro atoms. The number of allylic oxidation sites excluding steroid dienone is 5. The molecule has 0 bridgehead atoms. The Morgan fingerprint density at radius 1 is 1.06 bits per heavy atom. The third kappa shape index (κ3) is 9.53. The standard InChI is InChI=1S/C28H48N4O/c1-11-16-28(33)32(25(14-4)15-5)27(20(6)12-2)17-26(22(8)21(7)23(9)29)31-19-24(13-3)18-30-10/h13,17-18,25,29,31H,11-12,14-16,19H2,1-10H3/b22-21+,24-13+,26-17+,27-20+,29-23?,30-18?. The van der Waals surface area contributed by atoms with Crippen LogP contribution in [0.5, 0.6) is 0 Å². The van der Waals surface area contributed by atoms with Crippen LogP contribution in [0.25, 0.3) is 0 Å². The van der Waals surface area contributed by atoms with Crippen LogP contribution >= 0.6 is 0 Å². The van der Waals surface area contributed by atoms with E-state index in [1.165, 1.54) is 5.57 Å². The molecule has 0 aromatic rings. The van der Waals surface area contributed by atoms with Gasteiger partial charge in [0.25, 0.3) is 0 Å². The molecule has 5 nitrogen and oxygen atoms in total. The topological polar surface area (TPSA) is 68.6 Å². The van der Waals surface area contributed by atoms with Gasteiger partial charge in [-0.15, -0.1) is 0 Å². The number of amides is 1. The molecule has 0 fully saturated rings. The molecule has 0 saturated carbocycles. The summed E-state index contributed by atoms with van der Waals surface area (Å²) in [5, 5.41) is 11.7. The SMILES string of the molecule is C/C=C(\C=NC)CNC(=C/C(=C(/C)CC)N(C(=O)CCC)C(CC)CC)/C(C)=C(\C)C(C)=N. The number of rotatable bonds is 14. The summed E-state index contributed by atoms with van der Waals surface area (Å²) >= 11 is 0. The minimum Gasteiger partial charge on any atom is -0.381 e. The molecule has 0 rings (SSSR count). The van der Waals surface area contributed by atoms with E-state index in [4.69, 9.17) is 5.41 Å². The van der Waals surface area contributed by atoms with Gasteiger partial charge < -0.3 is 15.6 Å². The predicted molar refractivity (Wildman–Crippen MR) is 145 cm³/mol. The molecular formula is C28H48N4O. The molecular weight excluding hydrogens is 408 g/mol. The van der Waals surface area contributed by atoms with Crippen molar-refractivity contribution in [3.8, 4) is 0 Å². The van der Waals surface area contributed by atoms with Gasteiger partial charge in [-0.1, -0.05) is 33.8 Å². The molecule has 5 heteroatoms. The highest BCUT2D eigenvalue weighted by atomic mass is 16.2. The van der Waals surface area contributed by atoms with E-state index in [1.807, 2.05) is 44.9 Å². The maximum atomic E-state index is 13.3. The molecule has 0 radical (unpaired) electrons. The Morgan fingerprint density at radius 3 is 2.09 bits per heavy atom. The fourth-order valence-electron chi connectivity index (χ4n) is 3.60. The average Bonchev–Trinajstić information content (AvgIpc) is 2.80. The van der Waals surface area contributed by atoms with Crippen molar-refractivity contribution >= 4 is 17.8 Å². The van der Waals surface area contributed by atoms with E-state index in [-0.39, 0.29) is 11.9 Å². The van der Waals surface area contributed by atoms with Crippen LogP contribution in [0.3, 0.4) is 0 Å². The molecule has 0 aromatic carbocycles. The summed E-state index contributed by atoms with van der Waals surface area (Å²) in [6.07, 6.45) is 10.1. The van der Waals surface area contributed by atoms with Gasteiger partial charge in [-0.3, -0.25) is 9.79 Å². The van der Waals surface area contributed by atoms with Gasteiger partial charge in [-0.25, -0.2) is 0 Å². The van der Waals surface area contributed by atoms with Gasteiger partial charge in [0, 0.05) is 49.4 Å². The summed E-state index contributed by atoms with van der Waals surface area (Å²) in [7, 11) is 1.77. The van der Waals surface area contributed by atoms with Gasteiger partial charge in [-0.05, 0) is 88.7 Å². The molecule has 0 aliphatic carbocycles. The fourth-order valence-corrected chi connectivity index (χ4v) is 3.60. The Balaban J connectivity index is 6.89. The second kappa shape index (κ2) is 16.2. The van der Waals surface area contributed by atoms with Gasteiger partial charge in [0.2, 0.25) is 5.91 Å². The van der Waals surface area contributed by atoms with Crippen molar-refractivity contribution in [3.05, 3.63) is 45.8 Å². The second-order valence-electron chi connectivity index (χ2n) is 8.54. The second-order valence-corrected chi connectivity index (χ2v) is 8.54. The monoisotopic (exact) mass is 456 g/mol. The van der Waals surface area contributed by atoms with E-state index in [9.17, 15) is 4.79 Å². The van der Waals surface area contributed by atoms with Gasteiger partial charge >= 0.3 is 0 Å². The summed E-state index contributed by atoms with van der Waals surface area (Å²) in [5.41, 5.74) is 6.67. The zero-order chi connectivity index (χ0) is 25.6. The first-order chi connectivity index (χ1) is 15.6. The van der Waals surface area contributed by atoms with Gasteiger partial charge in [0.15, 0.2) is 0 Å². The zero-order valence-corrected chi connectivity index (χ0v) is 22.9. The van der Waals surface area contributed by atoms with Crippen LogP contribution in [-0.4, -0.2) is 42.4 Å². The van der Waals surface area contributed by atoms with E-state index in [0.29, 0.717) is 18.7 Å². The van der Waals surface area contributed by atoms with E-state index >= 15 is 0 Å². The number of hydrogen-bond acceptors (Lipinski definition) is 4. The molecule has 33 heavy (non-hydrogen) atoms. The lowest BCUT2D eigenvalue weighted by Gasteiger charge is -2.33. The average molecular weight is 457 g/mol. The van der Waals surface area contributed by atoms with E-state index in [1.54, 1.807) is 7.05 Å². The summed E-state index contributed by atoms with van der Waals surface area (Å²) in [6, 6.07) is 0.159. The predicted octanol–water partition coefficient (Wildman–Crippen LogP) is 6.98. The first-order valence-corrected chi connectivity index (χ1v) is 12.4. The van der Waals surface area contributed by atoms with Gasteiger partial charge in [-0.2, -0.15) is 0 Å². The molecule has 186 valence electrons. The Kier molecular flexibility index (Phi) is 15.0. The fraction of sp³-hybridized carbons (Fsp3) is 0.607. The van der Waals surface area contributed by atoms with Crippen molar-refractivity contribution in [2.24, 2.45) is 4.99 Å². The van der Waals surface area contributed by atoms with Crippen molar-refractivity contribution in [2.75, 3.05) is 13.6 Å². The Labute approximate surface area is 203 Å². The summed E-state index contributed by atoms with van der Waals surface area (Å²) in [5.74, 6) is 0.179. The smallest absolute Gasteiger partial charge is 0.227 e. The van der Waals surface area contributed by atoms with E-state index in [2.05, 4.69) is 51.0 Å². The maximum absolute atomic E-state index is 13.3. The van der Waals surface area contributed by atoms with Crippen LogP contribution < -0.4 is 5.32 Å². The number of aliphatic imine (C=N–C) groups is 1. The van der Waals surface area contributed by atoms with Crippen molar-refractivity contribution in [1.82, 2.24) is 10.2 Å². The Morgan fingerprint density at radius 2 is 1.67 bits per heavy atom. The first-order valence-electron chi connectivity index (χ1n) is 12.4. The van der Waals surface area contributed by atoms with Crippen LogP contribution in [0.2, 0.25) is 0 Å². The maximum Gasteiger partial charge on any atom is 0.227 e. The third-order valence-corrected chi connectivity index (χ3v) is 6.23. The zero-order valence-electron chi connectivity index (χ0n) is 22.9. The lowest BCUT2D eigenvalue weighted by Crippen LogP contribution is -2.39. The number of carbonyl (C=O) groups excluding carboxylic acids is 1. The van der Waals surface area contributed by atoms with Crippen LogP contribution in [0.1, 0.15) is 94.4 Å². The number of nitrogens with zero attached hydrogens (tertiary/aromatic N) is 2. The lowest BCUT2D eigenvalue weighted by molar-refractivity contribution is -0.131. The number of carbonyl (C=O) groups is 1. The highest BCUT2D eigenvalue weighted by molar-refractivity contribution is 5.96. The molecule has 0 saturated heterocycles. The summed E-state index contributed by atoms with van der Waals surface area (Å²) in [4.78, 5) is 19.5. The van der Waals surface area contributed by atoms with E-state index < -0.39 is 0 Å². The molecule has 0 aliphatic rings. The minimum atomic E-state index is 0.159. The van der Waals surface area contributed by atoms with Gasteiger partial charge in [0.1, 0.15) is 0 Å². The quantitative estimate of drug-likeness (QED) is 0.218. The molecule has 0 heterocycles. The van der Waals surface area contributed by atoms with Crippen LogP contribution in [-0.2, 0) is 4.79 Å². The molecule has 0 atom stereocenters. The molecule has 1 amide bonds. The van der Waals surface area contributed by atoms with Crippen molar-refractivity contribution in [2.45, 2.75) is 100 Å². The van der Waals surface area contributed by atoms with Crippen molar-refractivity contribution in [1.29, 1.82) is 5.41 Å².